The molecule has 1 fully saturated rings. The third-order valence-electron chi connectivity index (χ3n) is 5.99. The summed E-state index contributed by atoms with van der Waals surface area (Å²) in [6, 6.07) is 18.2. The number of aryl methyl sites for hydroxylation is 1. The van der Waals surface area contributed by atoms with E-state index < -0.39 is 23.9 Å². The van der Waals surface area contributed by atoms with Crippen LogP contribution >= 0.6 is 15.9 Å². The molecular formula is C25H19BrN2O4. The minimum Gasteiger partial charge on any atom is -0.496 e. The van der Waals surface area contributed by atoms with Crippen LogP contribution in [0.5, 0.6) is 5.75 Å². The number of fused-ring (bicyclic) bond motifs is 1. The van der Waals surface area contributed by atoms with Crippen LogP contribution in [0.3, 0.4) is 0 Å². The number of carbonyl (C=O) groups excluding carboxylic acids is 3. The van der Waals surface area contributed by atoms with Gasteiger partial charge in [-0.05, 0) is 49.4 Å². The number of methoxy groups -OCH3 is 1. The quantitative estimate of drug-likeness (QED) is 0.398. The standard InChI is InChI=1S/C25H19BrN2O4/c1-14-7-10-16(11-8-14)27-21(19-13-15(26)9-12-20(19)32-2)22(25(27)31)28-23(29)17-5-3-4-6-18(17)24(28)30/h3-13,21-22H,1-2H3/t21-,22+/m0/s1. The predicted molar refractivity (Wildman–Crippen MR) is 123 cm³/mol. The van der Waals surface area contributed by atoms with Crippen LogP contribution in [0, 0.1) is 6.92 Å². The summed E-state index contributed by atoms with van der Waals surface area (Å²) in [4.78, 5) is 42.5. The van der Waals surface area contributed by atoms with Crippen LogP contribution in [0.15, 0.2) is 71.2 Å². The van der Waals surface area contributed by atoms with E-state index in [0.717, 1.165) is 14.9 Å². The minimum atomic E-state index is -0.966. The lowest BCUT2D eigenvalue weighted by Gasteiger charge is -2.50. The highest BCUT2D eigenvalue weighted by molar-refractivity contribution is 9.10. The Morgan fingerprint density at radius 1 is 0.812 bits per heavy atom. The Labute approximate surface area is 193 Å². The molecule has 0 bridgehead atoms. The molecule has 2 aliphatic rings. The third-order valence-corrected chi connectivity index (χ3v) is 6.49. The van der Waals surface area contributed by atoms with E-state index in [-0.39, 0.29) is 5.91 Å². The molecule has 3 amide bonds. The van der Waals surface area contributed by atoms with E-state index in [9.17, 15) is 14.4 Å². The van der Waals surface area contributed by atoms with Crippen molar-refractivity contribution in [3.05, 3.63) is 93.5 Å². The molecule has 0 N–H and O–H groups in total. The molecular weight excluding hydrogens is 472 g/mol. The second-order valence-electron chi connectivity index (χ2n) is 7.85. The lowest BCUT2D eigenvalue weighted by molar-refractivity contribution is -0.130. The van der Waals surface area contributed by atoms with Gasteiger partial charge in [0.25, 0.3) is 17.7 Å². The molecule has 0 aliphatic carbocycles. The van der Waals surface area contributed by atoms with Crippen molar-refractivity contribution < 1.29 is 19.1 Å². The molecule has 0 spiro atoms. The van der Waals surface area contributed by atoms with Crippen LogP contribution in [0.2, 0.25) is 0 Å². The van der Waals surface area contributed by atoms with Crippen molar-refractivity contribution in [2.24, 2.45) is 0 Å². The normalized spacial score (nSPS) is 19.8. The maximum atomic E-state index is 13.5. The first-order chi connectivity index (χ1) is 15.4. The zero-order chi connectivity index (χ0) is 22.6. The van der Waals surface area contributed by atoms with Gasteiger partial charge in [-0.15, -0.1) is 0 Å². The van der Waals surface area contributed by atoms with Gasteiger partial charge in [-0.1, -0.05) is 45.8 Å². The van der Waals surface area contributed by atoms with Crippen LogP contribution in [0.1, 0.15) is 37.9 Å². The SMILES string of the molecule is COc1ccc(Br)cc1[C@H]1[C@@H](N2C(=O)c3ccccc3C2=O)C(=O)N1c1ccc(C)cc1. The highest BCUT2D eigenvalue weighted by atomic mass is 79.9. The van der Waals surface area contributed by atoms with Crippen molar-refractivity contribution in [1.29, 1.82) is 0 Å². The predicted octanol–water partition coefficient (Wildman–Crippen LogP) is 4.52. The van der Waals surface area contributed by atoms with Gasteiger partial charge in [0, 0.05) is 15.7 Å². The number of halogens is 1. The first-order valence-electron chi connectivity index (χ1n) is 10.1. The smallest absolute Gasteiger partial charge is 0.262 e. The number of hydrogen-bond acceptors (Lipinski definition) is 4. The van der Waals surface area contributed by atoms with Crippen molar-refractivity contribution in [2.45, 2.75) is 19.0 Å². The van der Waals surface area contributed by atoms with Crippen LogP contribution in [0.4, 0.5) is 5.69 Å². The van der Waals surface area contributed by atoms with Gasteiger partial charge in [-0.3, -0.25) is 19.3 Å². The number of rotatable bonds is 4. The van der Waals surface area contributed by atoms with Gasteiger partial charge in [0.1, 0.15) is 11.8 Å². The summed E-state index contributed by atoms with van der Waals surface area (Å²) in [6.07, 6.45) is 0. The van der Waals surface area contributed by atoms with E-state index in [1.165, 1.54) is 0 Å². The third kappa shape index (κ3) is 2.96. The molecule has 6 nitrogen and oxygen atoms in total. The molecule has 5 rings (SSSR count). The lowest BCUT2D eigenvalue weighted by Crippen LogP contribution is -2.67. The number of imide groups is 1. The van der Waals surface area contributed by atoms with Crippen molar-refractivity contribution in [3.63, 3.8) is 0 Å². The summed E-state index contributed by atoms with van der Waals surface area (Å²) >= 11 is 3.49. The summed E-state index contributed by atoms with van der Waals surface area (Å²) < 4.78 is 6.38. The largest absolute Gasteiger partial charge is 0.496 e. The van der Waals surface area contributed by atoms with E-state index in [1.54, 1.807) is 42.3 Å². The van der Waals surface area contributed by atoms with E-state index in [1.807, 2.05) is 43.3 Å². The van der Waals surface area contributed by atoms with Crippen LogP contribution < -0.4 is 9.64 Å². The van der Waals surface area contributed by atoms with Crippen LogP contribution in [-0.4, -0.2) is 35.8 Å². The van der Waals surface area contributed by atoms with Crippen LogP contribution in [-0.2, 0) is 4.79 Å². The van der Waals surface area contributed by atoms with Crippen LogP contribution in [0.25, 0.3) is 0 Å². The number of amides is 3. The fourth-order valence-electron chi connectivity index (χ4n) is 4.42. The first kappa shape index (κ1) is 20.5. The van der Waals surface area contributed by atoms with E-state index >= 15 is 0 Å². The number of nitrogens with zero attached hydrogens (tertiary/aromatic N) is 2. The second kappa shape index (κ2) is 7.60. The number of hydrogen-bond donors (Lipinski definition) is 0. The van der Waals surface area contributed by atoms with Gasteiger partial charge >= 0.3 is 0 Å². The van der Waals surface area contributed by atoms with Gasteiger partial charge in [0.2, 0.25) is 0 Å². The zero-order valence-electron chi connectivity index (χ0n) is 17.4. The van der Waals surface area contributed by atoms with E-state index in [2.05, 4.69) is 15.9 Å². The van der Waals surface area contributed by atoms with Gasteiger partial charge in [-0.25, -0.2) is 0 Å². The number of β-lactam (4-membered cyclic amide) rings is 1. The maximum absolute atomic E-state index is 13.5. The first-order valence-corrected chi connectivity index (χ1v) is 10.9. The fourth-order valence-corrected chi connectivity index (χ4v) is 4.80. The highest BCUT2D eigenvalue weighted by Gasteiger charge is 2.58. The molecule has 0 saturated carbocycles. The Morgan fingerprint density at radius 3 is 2.03 bits per heavy atom. The van der Waals surface area contributed by atoms with E-state index in [0.29, 0.717) is 28.1 Å². The number of carbonyl (C=O) groups is 3. The van der Waals surface area contributed by atoms with Crippen molar-refractivity contribution in [2.75, 3.05) is 12.0 Å². The Morgan fingerprint density at radius 2 is 1.44 bits per heavy atom. The molecule has 2 aliphatic heterocycles. The zero-order valence-corrected chi connectivity index (χ0v) is 19.0. The van der Waals surface area contributed by atoms with Gasteiger partial charge in [0.05, 0.1) is 24.3 Å². The fraction of sp³-hybridized carbons (Fsp3) is 0.160. The molecule has 3 aromatic carbocycles. The lowest BCUT2D eigenvalue weighted by atomic mass is 9.85. The molecule has 160 valence electrons. The topological polar surface area (TPSA) is 66.9 Å². The molecule has 3 aromatic rings. The Bertz CT molecular complexity index is 1240. The maximum Gasteiger partial charge on any atom is 0.262 e. The minimum absolute atomic E-state index is 0.310. The summed E-state index contributed by atoms with van der Waals surface area (Å²) in [5.74, 6) is -0.641. The number of benzene rings is 3. The van der Waals surface area contributed by atoms with Crippen molar-refractivity contribution in [1.82, 2.24) is 4.90 Å². The Hall–Kier alpha value is -3.45. The van der Waals surface area contributed by atoms with Crippen molar-refractivity contribution in [3.8, 4) is 5.75 Å². The summed E-state index contributed by atoms with van der Waals surface area (Å²) in [5.41, 5.74) is 3.11. The average molecular weight is 491 g/mol. The number of ether oxygens (including phenoxy) is 1. The highest BCUT2D eigenvalue weighted by Crippen LogP contribution is 2.47. The Kier molecular flexibility index (Phi) is 4.86. The molecule has 1 saturated heterocycles. The average Bonchev–Trinajstić information content (AvgIpc) is 3.04. The molecule has 0 unspecified atom stereocenters. The van der Waals surface area contributed by atoms with Gasteiger partial charge in [-0.2, -0.15) is 0 Å². The molecule has 32 heavy (non-hydrogen) atoms. The monoisotopic (exact) mass is 490 g/mol. The van der Waals surface area contributed by atoms with Crippen molar-refractivity contribution >= 4 is 39.3 Å². The second-order valence-corrected chi connectivity index (χ2v) is 8.76. The molecule has 7 heteroatoms. The van der Waals surface area contributed by atoms with E-state index in [4.69, 9.17) is 4.74 Å². The summed E-state index contributed by atoms with van der Waals surface area (Å²) in [6.45, 7) is 1.97. The summed E-state index contributed by atoms with van der Waals surface area (Å²) in [7, 11) is 1.56. The van der Waals surface area contributed by atoms with Gasteiger partial charge in [0.15, 0.2) is 0 Å². The molecule has 0 aromatic heterocycles. The summed E-state index contributed by atoms with van der Waals surface area (Å²) in [5, 5.41) is 0. The van der Waals surface area contributed by atoms with Gasteiger partial charge < -0.3 is 9.64 Å². The molecule has 2 atom stereocenters. The molecule has 2 heterocycles. The Balaban J connectivity index is 1.64. The number of anilines is 1. The molecule has 0 radical (unpaired) electrons.